The standard InChI is InChI=1S/C64H83N11O26/c1-28(2)52(75-58(92)37(16-17-44(81)82)73-60(94)38(20-45(83)84)72-43(80)24-68-57(91)36(70-31(5)78)10-8-18-67-62(65)66)61(95)74-39(21-46(85)86)59(93)71-33-14-12-32(13-15-33)27-99-63(96)69-29(3)19-47(100-30(4)25-76)101-41-23-64(97,42(79)26-77)22-35-49(41)56(90)51-50(54(35)88)53(87)34-9-7-11-40(98-6)48(34)55(51)89/h7,9,11-15,28-30,36-39,41,47,52,76-77,88,90,97H,8,10,16-27H2,1-6H3,(H,68,91)(H,69,96)(H,70,78)(H,71,93)(H,72,80)(H,73,94)(H,74,95)(H,75,92)(H,81,82)(H,83,84)(H,85,86)(H4,65,66,67)/t29-,30+,36+,37+,38+,39+,41+,47+,52+,64+/m1/s1. The van der Waals surface area contributed by atoms with E-state index < -0.39 is 236 Å². The van der Waals surface area contributed by atoms with Gasteiger partial charge in [-0.1, -0.05) is 38.1 Å². The number of aliphatic hydroxyl groups is 3. The van der Waals surface area contributed by atoms with Crippen LogP contribution in [0.3, 0.4) is 0 Å². The van der Waals surface area contributed by atoms with Gasteiger partial charge < -0.3 is 113 Å². The third-order valence-corrected chi connectivity index (χ3v) is 15.9. The number of amides is 8. The number of alkyl carbamates (subject to hydrolysis) is 1. The lowest BCUT2D eigenvalue weighted by Crippen LogP contribution is -2.59. The first-order chi connectivity index (χ1) is 47.5. The molecule has 0 aliphatic heterocycles. The van der Waals surface area contributed by atoms with Gasteiger partial charge in [-0.2, -0.15) is 0 Å². The summed E-state index contributed by atoms with van der Waals surface area (Å²) in [4.78, 5) is 183. The van der Waals surface area contributed by atoms with E-state index >= 15 is 0 Å². The summed E-state index contributed by atoms with van der Waals surface area (Å²) in [5.41, 5.74) is 0.804. The highest BCUT2D eigenvalue weighted by molar-refractivity contribution is 6.31. The van der Waals surface area contributed by atoms with Crippen molar-refractivity contribution in [1.29, 1.82) is 5.41 Å². The molecule has 0 heterocycles. The Labute approximate surface area is 575 Å². The first-order valence-corrected chi connectivity index (χ1v) is 31.5. The first kappa shape index (κ1) is 80.8. The van der Waals surface area contributed by atoms with Gasteiger partial charge in [-0.05, 0) is 62.8 Å². The lowest BCUT2D eigenvalue weighted by atomic mass is 9.72. The van der Waals surface area contributed by atoms with Gasteiger partial charge in [0.25, 0.3) is 0 Å². The second kappa shape index (κ2) is 36.8. The fraction of sp³-hybridized carbons (Fsp3) is 0.484. The number of methoxy groups -OCH3 is 1. The summed E-state index contributed by atoms with van der Waals surface area (Å²) in [5.74, 6) is -17.8. The minimum atomic E-state index is -2.49. The number of phenolic OH excluding ortho intramolecular Hbond substituents is 2. The Morgan fingerprint density at radius 1 is 0.703 bits per heavy atom. The number of ketones is 3. The second-order valence-corrected chi connectivity index (χ2v) is 24.2. The number of phenols is 2. The maximum Gasteiger partial charge on any atom is 0.407 e. The molecule has 37 heteroatoms. The number of aliphatic hydroxyl groups excluding tert-OH is 2. The predicted octanol–water partition coefficient (Wildman–Crippen LogP) is -2.16. The number of aliphatic carboxylic acids is 3. The SMILES string of the molecule is COc1cccc2c1C(=O)c1c(O)c3c(c(O)c1C2=O)C[C@@](O)(C(=O)CO)C[C@@H]3O[C@@H](C[C@@H](C)NC(=O)OCc1ccc(NC(=O)[C@H](CC(=O)O)NC(=O)[C@@H](NC(=O)[C@H](CCC(=O)O)NC(=O)[C@H](CC(=O)O)NC(=O)CNC(=O)[C@H](CCCNC(=N)N)NC(C)=O)C(C)C)cc1)O[C@@H](C)CO. The van der Waals surface area contributed by atoms with Gasteiger partial charge >= 0.3 is 24.0 Å². The number of Topliss-reactive ketones (excluding diaryl/α,β-unsaturated/α-hetero) is 1. The molecule has 3 aromatic carbocycles. The maximum absolute atomic E-state index is 14.1. The largest absolute Gasteiger partial charge is 0.507 e. The molecule has 20 N–H and O–H groups in total. The number of hydrogen-bond donors (Lipinski definition) is 19. The summed E-state index contributed by atoms with van der Waals surface area (Å²) in [5, 5.41) is 112. The zero-order chi connectivity index (χ0) is 75.3. The van der Waals surface area contributed by atoms with Crippen molar-refractivity contribution in [2.45, 2.75) is 159 Å². The number of anilines is 1. The Morgan fingerprint density at radius 3 is 1.90 bits per heavy atom. The summed E-state index contributed by atoms with van der Waals surface area (Å²) in [6.07, 6.45) is -10.2. The number of carboxylic acid groups (broad SMARTS) is 3. The summed E-state index contributed by atoms with van der Waals surface area (Å²) in [6, 6.07) is 0.225. The van der Waals surface area contributed by atoms with Crippen LogP contribution in [0, 0.1) is 11.3 Å². The molecule has 2 aliphatic rings. The van der Waals surface area contributed by atoms with Gasteiger partial charge in [-0.25, -0.2) is 4.79 Å². The smallest absolute Gasteiger partial charge is 0.407 e. The van der Waals surface area contributed by atoms with Crippen molar-refractivity contribution in [3.8, 4) is 17.2 Å². The fourth-order valence-corrected chi connectivity index (χ4v) is 10.9. The van der Waals surface area contributed by atoms with E-state index in [0.717, 1.165) is 6.92 Å². The van der Waals surface area contributed by atoms with E-state index in [0.29, 0.717) is 5.56 Å². The van der Waals surface area contributed by atoms with Gasteiger partial charge in [-0.3, -0.25) is 67.7 Å². The number of aromatic hydroxyl groups is 2. The molecule has 8 amide bonds. The van der Waals surface area contributed by atoms with Crippen LogP contribution in [0.5, 0.6) is 17.2 Å². The number of fused-ring (bicyclic) bond motifs is 3. The van der Waals surface area contributed by atoms with Gasteiger partial charge in [0.15, 0.2) is 23.8 Å². The van der Waals surface area contributed by atoms with Gasteiger partial charge in [0.2, 0.25) is 47.1 Å². The molecule has 0 unspecified atom stereocenters. The number of benzene rings is 3. The average Bonchev–Trinajstić information content (AvgIpc) is 0.712. The van der Waals surface area contributed by atoms with Crippen molar-refractivity contribution in [1.82, 2.24) is 42.5 Å². The van der Waals surface area contributed by atoms with E-state index in [9.17, 15) is 108 Å². The van der Waals surface area contributed by atoms with E-state index in [2.05, 4.69) is 47.9 Å². The van der Waals surface area contributed by atoms with Crippen LogP contribution in [-0.4, -0.2) is 217 Å². The van der Waals surface area contributed by atoms with Crippen LogP contribution in [-0.2, 0) is 80.0 Å². The molecule has 10 atom stereocenters. The predicted molar refractivity (Wildman–Crippen MR) is 346 cm³/mol. The summed E-state index contributed by atoms with van der Waals surface area (Å²) >= 11 is 0. The number of carbonyl (C=O) groups excluding carboxylic acids is 11. The summed E-state index contributed by atoms with van der Waals surface area (Å²) < 4.78 is 23.0. The number of carboxylic acids is 3. The Morgan fingerprint density at radius 2 is 1.32 bits per heavy atom. The number of ether oxygens (including phenoxy) is 4. The third kappa shape index (κ3) is 22.6. The van der Waals surface area contributed by atoms with Crippen LogP contribution in [0.4, 0.5) is 10.5 Å². The number of nitrogens with two attached hydrogens (primary N) is 1. The number of hydrogen-bond acceptors (Lipinski definition) is 24. The number of rotatable bonds is 38. The van der Waals surface area contributed by atoms with E-state index in [1.807, 2.05) is 0 Å². The molecule has 550 valence electrons. The fourth-order valence-electron chi connectivity index (χ4n) is 10.9. The monoisotopic (exact) mass is 1420 g/mol. The molecule has 0 saturated heterocycles. The van der Waals surface area contributed by atoms with Crippen molar-refractivity contribution in [3.05, 3.63) is 81.4 Å². The van der Waals surface area contributed by atoms with Crippen molar-refractivity contribution >= 4 is 94.3 Å². The molecule has 0 spiro atoms. The number of guanidine groups is 1. The van der Waals surface area contributed by atoms with E-state index in [1.54, 1.807) is 0 Å². The van der Waals surface area contributed by atoms with E-state index in [-0.39, 0.29) is 65.5 Å². The van der Waals surface area contributed by atoms with Gasteiger partial charge in [-0.15, -0.1) is 0 Å². The van der Waals surface area contributed by atoms with Crippen LogP contribution >= 0.6 is 0 Å². The molecule has 0 fully saturated rings. The zero-order valence-corrected chi connectivity index (χ0v) is 55.7. The van der Waals surface area contributed by atoms with Crippen molar-refractivity contribution in [3.63, 3.8) is 0 Å². The van der Waals surface area contributed by atoms with Crippen molar-refractivity contribution in [2.75, 3.05) is 38.7 Å². The Bertz CT molecular complexity index is 3660. The van der Waals surface area contributed by atoms with E-state index in [1.165, 1.54) is 77.3 Å². The Balaban J connectivity index is 1.22. The highest BCUT2D eigenvalue weighted by Crippen LogP contribution is 2.52. The minimum Gasteiger partial charge on any atom is -0.507 e. The van der Waals surface area contributed by atoms with Gasteiger partial charge in [0.05, 0.1) is 62.0 Å². The van der Waals surface area contributed by atoms with Crippen LogP contribution in [0.25, 0.3) is 0 Å². The van der Waals surface area contributed by atoms with Crippen molar-refractivity contribution < 1.29 is 127 Å². The van der Waals surface area contributed by atoms with E-state index in [4.69, 9.17) is 30.1 Å². The molecule has 0 radical (unpaired) electrons. The normalized spacial score (nSPS) is 16.8. The summed E-state index contributed by atoms with van der Waals surface area (Å²) in [6.45, 7) is 4.05. The number of nitrogens with one attached hydrogen (secondary N) is 10. The molecule has 101 heavy (non-hydrogen) atoms. The highest BCUT2D eigenvalue weighted by Gasteiger charge is 2.50. The quantitative estimate of drug-likeness (QED) is 0.00747. The first-order valence-electron chi connectivity index (χ1n) is 31.5. The van der Waals surface area contributed by atoms with Crippen molar-refractivity contribution in [2.24, 2.45) is 11.7 Å². The minimum absolute atomic E-state index is 0.0207. The average molecular weight is 1420 g/mol. The van der Waals surface area contributed by atoms with Gasteiger partial charge in [0, 0.05) is 67.6 Å². The molecule has 2 aliphatic carbocycles. The molecule has 0 bridgehead atoms. The van der Waals surface area contributed by atoms with Crippen LogP contribution in [0.1, 0.15) is 141 Å². The summed E-state index contributed by atoms with van der Waals surface area (Å²) in [7, 11) is 1.25. The third-order valence-electron chi connectivity index (χ3n) is 15.9. The second-order valence-electron chi connectivity index (χ2n) is 24.2. The maximum atomic E-state index is 14.1. The molecule has 5 rings (SSSR count). The number of carbonyl (C=O) groups is 14. The molecule has 0 aromatic heterocycles. The van der Waals surface area contributed by atoms with Crippen LogP contribution in [0.2, 0.25) is 0 Å². The Kier molecular flexibility index (Phi) is 29.4. The molecular formula is C64H83N11O26. The highest BCUT2D eigenvalue weighted by atomic mass is 16.7. The molecular weight excluding hydrogens is 1340 g/mol. The van der Waals surface area contributed by atoms with Crippen LogP contribution in [0.15, 0.2) is 42.5 Å². The lowest BCUT2D eigenvalue weighted by molar-refractivity contribution is -0.214. The van der Waals surface area contributed by atoms with Gasteiger partial charge in [0.1, 0.15) is 66.3 Å². The lowest BCUT2D eigenvalue weighted by Gasteiger charge is -2.40. The topological polar surface area (TPSA) is 596 Å². The zero-order valence-electron chi connectivity index (χ0n) is 55.7. The molecule has 3 aromatic rings. The molecule has 0 saturated carbocycles. The van der Waals surface area contributed by atoms with Crippen LogP contribution < -0.4 is 58.3 Å². The molecule has 37 nitrogen and oxygen atoms in total. The Hall–Kier alpha value is -10.9.